The summed E-state index contributed by atoms with van der Waals surface area (Å²) in [6.45, 7) is -0.000892. The lowest BCUT2D eigenvalue weighted by Crippen LogP contribution is -2.39. The van der Waals surface area contributed by atoms with Crippen molar-refractivity contribution in [1.82, 2.24) is 18.7 Å². The third-order valence-corrected chi connectivity index (χ3v) is 5.87. The van der Waals surface area contributed by atoms with Crippen LogP contribution in [0.3, 0.4) is 0 Å². The van der Waals surface area contributed by atoms with Gasteiger partial charge in [0.05, 0.1) is 22.3 Å². The molecule has 0 saturated heterocycles. The number of fused-ring (bicyclic) bond motifs is 1. The number of aryl methyl sites for hydroxylation is 2. The summed E-state index contributed by atoms with van der Waals surface area (Å²) >= 11 is 11.9. The van der Waals surface area contributed by atoms with Crippen LogP contribution in [-0.2, 0) is 30.7 Å². The average molecular weight is 461 g/mol. The molecule has 2 aromatic heterocycles. The number of rotatable bonds is 6. The van der Waals surface area contributed by atoms with Crippen molar-refractivity contribution in [3.8, 4) is 0 Å². The topological polar surface area (TPSA) is 134 Å². The molecule has 0 amide bonds. The number of aromatic nitrogens is 4. The van der Waals surface area contributed by atoms with Gasteiger partial charge in [-0.05, 0) is 17.7 Å². The lowest BCUT2D eigenvalue weighted by Gasteiger charge is -2.09. The van der Waals surface area contributed by atoms with Crippen LogP contribution in [0, 0.1) is 0 Å². The maximum absolute atomic E-state index is 13.0. The molecule has 0 spiro atoms. The van der Waals surface area contributed by atoms with Crippen molar-refractivity contribution in [1.29, 1.82) is 0 Å². The molecule has 13 heteroatoms. The van der Waals surface area contributed by atoms with Crippen molar-refractivity contribution < 1.29 is 8.42 Å². The number of anilines is 1. The maximum atomic E-state index is 13.0. The van der Waals surface area contributed by atoms with E-state index in [0.29, 0.717) is 15.6 Å². The first-order valence-electron chi connectivity index (χ1n) is 8.34. The third-order valence-electron chi connectivity index (χ3n) is 4.35. The van der Waals surface area contributed by atoms with Gasteiger partial charge in [0.2, 0.25) is 16.0 Å². The van der Waals surface area contributed by atoms with Crippen LogP contribution in [0.2, 0.25) is 10.0 Å². The van der Waals surface area contributed by atoms with E-state index in [9.17, 15) is 18.0 Å². The summed E-state index contributed by atoms with van der Waals surface area (Å²) in [4.78, 5) is 30.0. The summed E-state index contributed by atoms with van der Waals surface area (Å²) in [6, 6.07) is 4.85. The largest absolute Gasteiger partial charge is 0.355 e. The summed E-state index contributed by atoms with van der Waals surface area (Å²) in [7, 11) is -0.565. The van der Waals surface area contributed by atoms with E-state index in [1.54, 1.807) is 25.2 Å². The lowest BCUT2D eigenvalue weighted by molar-refractivity contribution is 0.598. The fraction of sp³-hybridized carbons (Fsp3) is 0.312. The van der Waals surface area contributed by atoms with Gasteiger partial charge in [0.15, 0.2) is 11.2 Å². The Hall–Kier alpha value is -2.34. The summed E-state index contributed by atoms with van der Waals surface area (Å²) in [5, 5.41) is 8.48. The van der Waals surface area contributed by atoms with Gasteiger partial charge in [-0.15, -0.1) is 0 Å². The molecule has 3 rings (SSSR count). The minimum atomic E-state index is -3.65. The molecule has 0 bridgehead atoms. The van der Waals surface area contributed by atoms with Crippen LogP contribution in [0.5, 0.6) is 0 Å². The van der Waals surface area contributed by atoms with Gasteiger partial charge in [-0.2, -0.15) is 4.98 Å². The molecule has 1 aromatic carbocycles. The predicted octanol–water partition coefficient (Wildman–Crippen LogP) is 0.489. The molecule has 156 valence electrons. The van der Waals surface area contributed by atoms with Gasteiger partial charge in [0.25, 0.3) is 5.56 Å². The Morgan fingerprint density at radius 1 is 1.14 bits per heavy atom. The van der Waals surface area contributed by atoms with E-state index >= 15 is 0 Å². The Balaban J connectivity index is 2.06. The van der Waals surface area contributed by atoms with E-state index in [1.807, 2.05) is 0 Å². The van der Waals surface area contributed by atoms with Crippen LogP contribution in [0.4, 0.5) is 5.95 Å². The number of nitrogens with one attached hydrogen (secondary N) is 1. The molecule has 0 atom stereocenters. The smallest absolute Gasteiger partial charge is 0.332 e. The Labute approximate surface area is 175 Å². The number of hydrogen-bond donors (Lipinski definition) is 2. The Bertz CT molecular complexity index is 1330. The lowest BCUT2D eigenvalue weighted by atomic mass is 10.2. The zero-order valence-electron chi connectivity index (χ0n) is 15.5. The molecule has 0 saturated carbocycles. The van der Waals surface area contributed by atoms with Crippen molar-refractivity contribution in [2.75, 3.05) is 17.6 Å². The van der Waals surface area contributed by atoms with Crippen LogP contribution >= 0.6 is 23.2 Å². The highest BCUT2D eigenvalue weighted by molar-refractivity contribution is 7.89. The van der Waals surface area contributed by atoms with E-state index in [0.717, 1.165) is 4.57 Å². The second-order valence-electron chi connectivity index (χ2n) is 6.44. The van der Waals surface area contributed by atoms with Gasteiger partial charge in [0, 0.05) is 20.6 Å². The first-order chi connectivity index (χ1) is 13.5. The highest BCUT2D eigenvalue weighted by Gasteiger charge is 2.19. The number of nitrogens with two attached hydrogens (primary N) is 1. The van der Waals surface area contributed by atoms with Crippen molar-refractivity contribution in [3.05, 3.63) is 54.6 Å². The first-order valence-corrected chi connectivity index (χ1v) is 10.8. The molecule has 3 aromatic rings. The summed E-state index contributed by atoms with van der Waals surface area (Å²) < 4.78 is 26.0. The first kappa shape index (κ1) is 21.4. The summed E-state index contributed by atoms with van der Waals surface area (Å²) in [5.74, 6) is -0.0699. The molecule has 0 fully saturated rings. The monoisotopic (exact) mass is 460 g/mol. The van der Waals surface area contributed by atoms with Gasteiger partial charge in [-0.25, -0.2) is 18.4 Å². The normalized spacial score (nSPS) is 11.9. The highest BCUT2D eigenvalue weighted by atomic mass is 35.5. The van der Waals surface area contributed by atoms with Gasteiger partial charge in [-0.1, -0.05) is 29.3 Å². The van der Waals surface area contributed by atoms with Gasteiger partial charge >= 0.3 is 5.69 Å². The van der Waals surface area contributed by atoms with Crippen LogP contribution in [-0.4, -0.2) is 39.4 Å². The summed E-state index contributed by atoms with van der Waals surface area (Å²) in [5.41, 5.74) is -0.102. The molecule has 0 unspecified atom stereocenters. The summed E-state index contributed by atoms with van der Waals surface area (Å²) in [6.07, 6.45) is 0. The Morgan fingerprint density at radius 3 is 2.45 bits per heavy atom. The fourth-order valence-electron chi connectivity index (χ4n) is 2.87. The van der Waals surface area contributed by atoms with Crippen molar-refractivity contribution in [2.24, 2.45) is 19.2 Å². The average Bonchev–Trinajstić information content (AvgIpc) is 2.96. The quantitative estimate of drug-likeness (QED) is 0.549. The molecule has 0 aliphatic heterocycles. The molecule has 0 aliphatic carbocycles. The van der Waals surface area contributed by atoms with E-state index in [4.69, 9.17) is 28.3 Å². The van der Waals surface area contributed by atoms with E-state index in [1.165, 1.54) is 16.2 Å². The third kappa shape index (κ3) is 4.32. The molecule has 29 heavy (non-hydrogen) atoms. The van der Waals surface area contributed by atoms with E-state index in [2.05, 4.69) is 10.3 Å². The molecule has 0 aliphatic rings. The Kier molecular flexibility index (Phi) is 5.77. The zero-order chi connectivity index (χ0) is 21.5. The number of primary sulfonamides is 1. The van der Waals surface area contributed by atoms with Crippen LogP contribution in [0.25, 0.3) is 11.2 Å². The van der Waals surface area contributed by atoms with Crippen LogP contribution in [0.1, 0.15) is 5.56 Å². The number of sulfonamides is 1. The van der Waals surface area contributed by atoms with Crippen molar-refractivity contribution in [3.63, 3.8) is 0 Å². The number of hydrogen-bond acceptors (Lipinski definition) is 6. The number of imidazole rings is 1. The predicted molar refractivity (Wildman–Crippen MR) is 112 cm³/mol. The standard InChI is InChI=1S/C16H18Cl2N6O4S/c1-22-12-13(21-15(22)20-5-6-29(19,27)28)23(2)16(26)24(14(12)25)8-9-3-4-10(17)11(18)7-9/h3-4,7H,5-6,8H2,1-2H3,(H,20,21)(H2,19,27,28). The molecule has 10 nitrogen and oxygen atoms in total. The molecule has 0 radical (unpaired) electrons. The van der Waals surface area contributed by atoms with Crippen molar-refractivity contribution in [2.45, 2.75) is 6.54 Å². The number of nitrogens with zero attached hydrogens (tertiary/aromatic N) is 4. The second-order valence-corrected chi connectivity index (χ2v) is 8.99. The molecule has 3 N–H and O–H groups in total. The number of halogens is 2. The van der Waals surface area contributed by atoms with E-state index in [-0.39, 0.29) is 36.0 Å². The SMILES string of the molecule is Cn1c(NCCS(N)(=O)=O)nc2c1c(=O)n(Cc1ccc(Cl)c(Cl)c1)c(=O)n2C. The molecular formula is C16H18Cl2N6O4S. The van der Waals surface area contributed by atoms with Gasteiger partial charge in [0.1, 0.15) is 0 Å². The van der Waals surface area contributed by atoms with Crippen LogP contribution in [0.15, 0.2) is 27.8 Å². The Morgan fingerprint density at radius 2 is 1.83 bits per heavy atom. The minimum Gasteiger partial charge on any atom is -0.355 e. The van der Waals surface area contributed by atoms with Gasteiger partial charge in [-0.3, -0.25) is 13.9 Å². The molecule has 2 heterocycles. The van der Waals surface area contributed by atoms with Crippen molar-refractivity contribution >= 4 is 50.3 Å². The fourth-order valence-corrected chi connectivity index (χ4v) is 3.57. The minimum absolute atomic E-state index is 0.00139. The van der Waals surface area contributed by atoms with Crippen LogP contribution < -0.4 is 21.7 Å². The maximum Gasteiger partial charge on any atom is 0.332 e. The number of benzene rings is 1. The highest BCUT2D eigenvalue weighted by Crippen LogP contribution is 2.22. The van der Waals surface area contributed by atoms with Gasteiger partial charge < -0.3 is 9.88 Å². The zero-order valence-corrected chi connectivity index (χ0v) is 17.8. The molecular weight excluding hydrogens is 443 g/mol. The van der Waals surface area contributed by atoms with E-state index < -0.39 is 21.3 Å². The second kappa shape index (κ2) is 7.82.